The number of nitro groups is 2. The van der Waals surface area contributed by atoms with E-state index in [2.05, 4.69) is 0 Å². The normalized spacial score (nSPS) is 11.0. The van der Waals surface area contributed by atoms with Gasteiger partial charge in [0.25, 0.3) is 0 Å². The molecule has 21 heavy (non-hydrogen) atoms. The lowest BCUT2D eigenvalue weighted by Crippen LogP contribution is -2.40. The summed E-state index contributed by atoms with van der Waals surface area (Å²) in [6.45, 7) is 0. The molecule has 0 fully saturated rings. The number of thioether (sulfide) groups is 1. The summed E-state index contributed by atoms with van der Waals surface area (Å²) in [5.41, 5.74) is 0.854. The molecule has 0 spiro atoms. The Morgan fingerprint density at radius 1 is 0.857 bits per heavy atom. The Morgan fingerprint density at radius 2 is 1.33 bits per heavy atom. The van der Waals surface area contributed by atoms with E-state index in [1.54, 1.807) is 42.5 Å². The van der Waals surface area contributed by atoms with Crippen molar-refractivity contribution in [2.24, 2.45) is 0 Å². The maximum Gasteiger partial charge on any atom is 0.532 e. The lowest BCUT2D eigenvalue weighted by atomic mass is 10.2. The Bertz CT molecular complexity index is 620. The van der Waals surface area contributed by atoms with Gasteiger partial charge in [-0.25, -0.2) is 0 Å². The van der Waals surface area contributed by atoms with Crippen LogP contribution < -0.4 is 0 Å². The fourth-order valence-electron chi connectivity index (χ4n) is 1.88. The highest BCUT2D eigenvalue weighted by Gasteiger charge is 2.58. The van der Waals surface area contributed by atoms with Gasteiger partial charge in [0.2, 0.25) is 0 Å². The van der Waals surface area contributed by atoms with E-state index >= 15 is 0 Å². The molecule has 2 aromatic rings. The van der Waals surface area contributed by atoms with E-state index in [4.69, 9.17) is 0 Å². The summed E-state index contributed by atoms with van der Waals surface area (Å²) in [5.74, 6) is 0.178. The first-order valence-corrected chi connectivity index (χ1v) is 7.08. The van der Waals surface area contributed by atoms with Crippen molar-refractivity contribution < 1.29 is 9.85 Å². The van der Waals surface area contributed by atoms with Crippen LogP contribution in [-0.4, -0.2) is 9.85 Å². The van der Waals surface area contributed by atoms with Crippen LogP contribution >= 0.6 is 11.8 Å². The molecule has 0 bridgehead atoms. The van der Waals surface area contributed by atoms with Gasteiger partial charge in [0.05, 0.1) is 0 Å². The topological polar surface area (TPSA) is 86.3 Å². The third kappa shape index (κ3) is 3.03. The van der Waals surface area contributed by atoms with E-state index in [9.17, 15) is 20.2 Å². The predicted octanol–water partition coefficient (Wildman–Crippen LogP) is 3.28. The molecule has 0 saturated heterocycles. The van der Waals surface area contributed by atoms with E-state index in [1.165, 1.54) is 12.1 Å². The van der Waals surface area contributed by atoms with E-state index in [1.807, 2.05) is 6.07 Å². The Morgan fingerprint density at radius 3 is 1.81 bits per heavy atom. The van der Waals surface area contributed by atoms with E-state index in [0.717, 1.165) is 5.56 Å². The van der Waals surface area contributed by atoms with Crippen LogP contribution in [0.1, 0.15) is 11.1 Å². The fraction of sp³-hybridized carbons (Fsp3) is 0.143. The molecule has 2 rings (SSSR count). The van der Waals surface area contributed by atoms with Crippen LogP contribution in [0.4, 0.5) is 0 Å². The molecule has 0 heterocycles. The van der Waals surface area contributed by atoms with Crippen LogP contribution in [-0.2, 0) is 10.7 Å². The van der Waals surface area contributed by atoms with Crippen LogP contribution in [0.25, 0.3) is 0 Å². The molecule has 0 aliphatic carbocycles. The highest BCUT2D eigenvalue weighted by molar-refractivity contribution is 7.99. The molecule has 0 amide bonds. The zero-order valence-electron chi connectivity index (χ0n) is 10.9. The standard InChI is InChI=1S/C14H12N2O4S/c17-15(18)14(16(19)20,13-9-5-2-6-10-13)21-11-12-7-3-1-4-8-12/h1-10H,11H2. The molecule has 0 aliphatic rings. The molecule has 0 aliphatic heterocycles. The first-order chi connectivity index (χ1) is 10.1. The summed E-state index contributed by atoms with van der Waals surface area (Å²) in [4.78, 5) is 18.8. The smallest absolute Gasteiger partial charge is 0.257 e. The first kappa shape index (κ1) is 15.0. The molecule has 0 unspecified atom stereocenters. The van der Waals surface area contributed by atoms with Crippen LogP contribution in [0.5, 0.6) is 0 Å². The maximum absolute atomic E-state index is 11.4. The molecule has 0 atom stereocenters. The summed E-state index contributed by atoms with van der Waals surface area (Å²) < 4.78 is 0. The van der Waals surface area contributed by atoms with Crippen molar-refractivity contribution in [2.75, 3.05) is 0 Å². The highest BCUT2D eigenvalue weighted by atomic mass is 32.2. The van der Waals surface area contributed by atoms with Crippen molar-refractivity contribution in [1.82, 2.24) is 0 Å². The van der Waals surface area contributed by atoms with E-state index in [0.29, 0.717) is 11.8 Å². The minimum absolute atomic E-state index is 0.0564. The summed E-state index contributed by atoms with van der Waals surface area (Å²) in [6, 6.07) is 16.5. The quantitative estimate of drug-likeness (QED) is 0.464. The minimum Gasteiger partial charge on any atom is -0.257 e. The average molecular weight is 304 g/mol. The van der Waals surface area contributed by atoms with Crippen molar-refractivity contribution in [3.8, 4) is 0 Å². The molecule has 0 saturated carbocycles. The SMILES string of the molecule is O=[N+]([O-])C(SCc1ccccc1)(c1ccccc1)[N+](=O)[O-]. The number of hydrogen-bond acceptors (Lipinski definition) is 5. The van der Waals surface area contributed by atoms with Gasteiger partial charge in [-0.3, -0.25) is 20.2 Å². The van der Waals surface area contributed by atoms with Gasteiger partial charge in [0.15, 0.2) is 0 Å². The Balaban J connectivity index is 2.37. The molecular formula is C14H12N2O4S. The van der Waals surface area contributed by atoms with Gasteiger partial charge in [-0.15, -0.1) is 0 Å². The Kier molecular flexibility index (Phi) is 4.54. The number of hydrogen-bond donors (Lipinski definition) is 0. The van der Waals surface area contributed by atoms with Gasteiger partial charge in [-0.2, -0.15) is 0 Å². The van der Waals surface area contributed by atoms with Gasteiger partial charge < -0.3 is 0 Å². The Labute approximate surface area is 125 Å². The van der Waals surface area contributed by atoms with Crippen LogP contribution in [0.2, 0.25) is 0 Å². The largest absolute Gasteiger partial charge is 0.532 e. The second kappa shape index (κ2) is 6.36. The maximum atomic E-state index is 11.4. The minimum atomic E-state index is -2.39. The summed E-state index contributed by atoms with van der Waals surface area (Å²) in [5, 5.41) is 22.9. The fourth-order valence-corrected chi connectivity index (χ4v) is 2.95. The second-order valence-electron chi connectivity index (χ2n) is 4.26. The van der Waals surface area contributed by atoms with Crippen molar-refractivity contribution in [1.29, 1.82) is 0 Å². The molecule has 0 aromatic heterocycles. The monoisotopic (exact) mass is 304 g/mol. The molecule has 108 valence electrons. The molecule has 0 radical (unpaired) electrons. The van der Waals surface area contributed by atoms with Crippen molar-refractivity contribution in [3.63, 3.8) is 0 Å². The van der Waals surface area contributed by atoms with Crippen LogP contribution in [0.3, 0.4) is 0 Å². The third-order valence-corrected chi connectivity index (χ3v) is 4.34. The van der Waals surface area contributed by atoms with E-state index < -0.39 is 14.8 Å². The number of benzene rings is 2. The van der Waals surface area contributed by atoms with Gasteiger partial charge in [0.1, 0.15) is 15.4 Å². The van der Waals surface area contributed by atoms with E-state index in [-0.39, 0.29) is 11.3 Å². The average Bonchev–Trinajstić information content (AvgIpc) is 2.49. The summed E-state index contributed by atoms with van der Waals surface area (Å²) in [7, 11) is 0. The number of rotatable bonds is 6. The zero-order chi connectivity index (χ0) is 15.3. The summed E-state index contributed by atoms with van der Waals surface area (Å²) >= 11 is 0.693. The zero-order valence-corrected chi connectivity index (χ0v) is 11.7. The highest BCUT2D eigenvalue weighted by Crippen LogP contribution is 2.39. The van der Waals surface area contributed by atoms with Crippen LogP contribution in [0.15, 0.2) is 60.7 Å². The van der Waals surface area contributed by atoms with Gasteiger partial charge in [0, 0.05) is 17.5 Å². The summed E-state index contributed by atoms with van der Waals surface area (Å²) in [6.07, 6.45) is 0. The molecular weight excluding hydrogens is 292 g/mol. The second-order valence-corrected chi connectivity index (χ2v) is 5.41. The van der Waals surface area contributed by atoms with Gasteiger partial charge in [-0.05, 0) is 17.7 Å². The Hall–Kier alpha value is -2.41. The van der Waals surface area contributed by atoms with Gasteiger partial charge >= 0.3 is 4.99 Å². The van der Waals surface area contributed by atoms with Crippen molar-refractivity contribution in [2.45, 2.75) is 10.7 Å². The van der Waals surface area contributed by atoms with Crippen molar-refractivity contribution >= 4 is 11.8 Å². The lowest BCUT2D eigenvalue weighted by Gasteiger charge is -2.16. The third-order valence-electron chi connectivity index (χ3n) is 2.93. The molecule has 6 nitrogen and oxygen atoms in total. The van der Waals surface area contributed by atoms with Crippen molar-refractivity contribution in [3.05, 3.63) is 92.0 Å². The lowest BCUT2D eigenvalue weighted by molar-refractivity contribution is -0.774. The first-order valence-electron chi connectivity index (χ1n) is 6.10. The molecule has 2 aromatic carbocycles. The van der Waals surface area contributed by atoms with Crippen LogP contribution in [0, 0.1) is 20.2 Å². The number of nitrogens with zero attached hydrogens (tertiary/aromatic N) is 2. The molecule has 0 N–H and O–H groups in total. The molecule has 7 heteroatoms. The van der Waals surface area contributed by atoms with Gasteiger partial charge in [-0.1, -0.05) is 48.5 Å². The predicted molar refractivity (Wildman–Crippen MR) is 79.8 cm³/mol.